The summed E-state index contributed by atoms with van der Waals surface area (Å²) in [4.78, 5) is 11.4. The highest BCUT2D eigenvalue weighted by Gasteiger charge is 2.06. The summed E-state index contributed by atoms with van der Waals surface area (Å²) in [6.07, 6.45) is 3.85. The van der Waals surface area contributed by atoms with Crippen molar-refractivity contribution in [3.8, 4) is 0 Å². The van der Waals surface area contributed by atoms with Gasteiger partial charge in [-0.05, 0) is 31.5 Å². The number of nitrogens with one attached hydrogen (secondary N) is 2. The van der Waals surface area contributed by atoms with Gasteiger partial charge < -0.3 is 16.4 Å². The number of urea groups is 1. The fourth-order valence-corrected chi connectivity index (χ4v) is 1.58. The van der Waals surface area contributed by atoms with Gasteiger partial charge in [-0.25, -0.2) is 13.6 Å². The standard InChI is InChI=1S/C13H19F2N3O/c14-10-5-6-12(11(15)9-10)18-13(19)17-8-4-2-1-3-7-16/h5-6,9H,1-4,7-8,16H2,(H2,17,18,19). The minimum Gasteiger partial charge on any atom is -0.338 e. The number of nitrogens with two attached hydrogens (primary N) is 1. The molecule has 0 saturated carbocycles. The number of anilines is 1. The number of hydrogen-bond acceptors (Lipinski definition) is 2. The van der Waals surface area contributed by atoms with E-state index in [9.17, 15) is 13.6 Å². The van der Waals surface area contributed by atoms with Crippen LogP contribution in [0.4, 0.5) is 19.3 Å². The molecule has 4 N–H and O–H groups in total. The molecular weight excluding hydrogens is 252 g/mol. The van der Waals surface area contributed by atoms with Crippen molar-refractivity contribution < 1.29 is 13.6 Å². The van der Waals surface area contributed by atoms with Crippen LogP contribution in [0.2, 0.25) is 0 Å². The van der Waals surface area contributed by atoms with Gasteiger partial charge in [0.05, 0.1) is 5.69 Å². The first-order chi connectivity index (χ1) is 9.13. The largest absolute Gasteiger partial charge is 0.338 e. The zero-order valence-corrected chi connectivity index (χ0v) is 10.7. The van der Waals surface area contributed by atoms with Crippen LogP contribution in [0.25, 0.3) is 0 Å². The second kappa shape index (κ2) is 8.42. The molecular formula is C13H19F2N3O. The van der Waals surface area contributed by atoms with E-state index in [1.165, 1.54) is 6.07 Å². The zero-order valence-electron chi connectivity index (χ0n) is 10.7. The van der Waals surface area contributed by atoms with Crippen LogP contribution in [0.15, 0.2) is 18.2 Å². The molecule has 2 amide bonds. The molecule has 0 spiro atoms. The molecule has 1 aromatic carbocycles. The van der Waals surface area contributed by atoms with Crippen molar-refractivity contribution in [2.24, 2.45) is 5.73 Å². The quantitative estimate of drug-likeness (QED) is 0.667. The van der Waals surface area contributed by atoms with Gasteiger partial charge in [-0.3, -0.25) is 0 Å². The predicted octanol–water partition coefficient (Wildman–Crippen LogP) is 2.61. The smallest absolute Gasteiger partial charge is 0.319 e. The van der Waals surface area contributed by atoms with Crippen molar-refractivity contribution in [3.05, 3.63) is 29.8 Å². The van der Waals surface area contributed by atoms with E-state index in [1.54, 1.807) is 0 Å². The lowest BCUT2D eigenvalue weighted by Crippen LogP contribution is -2.29. The van der Waals surface area contributed by atoms with Crippen molar-refractivity contribution >= 4 is 11.7 Å². The van der Waals surface area contributed by atoms with Gasteiger partial charge in [0.15, 0.2) is 0 Å². The van der Waals surface area contributed by atoms with Gasteiger partial charge in [0, 0.05) is 12.6 Å². The summed E-state index contributed by atoms with van der Waals surface area (Å²) in [5.41, 5.74) is 5.32. The van der Waals surface area contributed by atoms with E-state index in [0.717, 1.165) is 37.8 Å². The maximum Gasteiger partial charge on any atom is 0.319 e. The Bertz CT molecular complexity index is 413. The maximum atomic E-state index is 13.2. The molecule has 0 aliphatic heterocycles. The van der Waals surface area contributed by atoms with Crippen molar-refractivity contribution in [1.29, 1.82) is 0 Å². The molecule has 0 atom stereocenters. The number of halogens is 2. The lowest BCUT2D eigenvalue weighted by atomic mass is 10.2. The molecule has 6 heteroatoms. The van der Waals surface area contributed by atoms with Crippen molar-refractivity contribution in [2.75, 3.05) is 18.4 Å². The maximum absolute atomic E-state index is 13.2. The highest BCUT2D eigenvalue weighted by molar-refractivity contribution is 5.89. The SMILES string of the molecule is NCCCCCCNC(=O)Nc1ccc(F)cc1F. The molecule has 0 aliphatic rings. The van der Waals surface area contributed by atoms with Crippen LogP contribution in [0, 0.1) is 11.6 Å². The van der Waals surface area contributed by atoms with Gasteiger partial charge in [-0.1, -0.05) is 12.8 Å². The number of hydrogen-bond donors (Lipinski definition) is 3. The summed E-state index contributed by atoms with van der Waals surface area (Å²) in [6.45, 7) is 1.19. The third-order valence-electron chi connectivity index (χ3n) is 2.60. The van der Waals surface area contributed by atoms with E-state index in [4.69, 9.17) is 5.73 Å². The van der Waals surface area contributed by atoms with Gasteiger partial charge in [0.25, 0.3) is 0 Å². The van der Waals surface area contributed by atoms with E-state index in [1.807, 2.05) is 0 Å². The van der Waals surface area contributed by atoms with Gasteiger partial charge in [-0.2, -0.15) is 0 Å². The predicted molar refractivity (Wildman–Crippen MR) is 70.9 cm³/mol. The van der Waals surface area contributed by atoms with E-state index in [2.05, 4.69) is 10.6 Å². The zero-order chi connectivity index (χ0) is 14.1. The monoisotopic (exact) mass is 271 g/mol. The van der Waals surface area contributed by atoms with Crippen LogP contribution < -0.4 is 16.4 Å². The summed E-state index contributed by atoms with van der Waals surface area (Å²) in [7, 11) is 0. The van der Waals surface area contributed by atoms with Gasteiger partial charge in [-0.15, -0.1) is 0 Å². The van der Waals surface area contributed by atoms with E-state index in [-0.39, 0.29) is 5.69 Å². The molecule has 0 radical (unpaired) electrons. The average Bonchev–Trinajstić information content (AvgIpc) is 2.37. The van der Waals surface area contributed by atoms with Crippen LogP contribution in [0.5, 0.6) is 0 Å². The lowest BCUT2D eigenvalue weighted by Gasteiger charge is -2.08. The first-order valence-corrected chi connectivity index (χ1v) is 6.33. The second-order valence-corrected chi connectivity index (χ2v) is 4.21. The molecule has 0 aliphatic carbocycles. The Kier molecular flexibility index (Phi) is 6.81. The van der Waals surface area contributed by atoms with Gasteiger partial charge in [0.1, 0.15) is 11.6 Å². The number of carbonyl (C=O) groups is 1. The minimum atomic E-state index is -0.793. The highest BCUT2D eigenvalue weighted by atomic mass is 19.1. The Morgan fingerprint density at radius 3 is 2.58 bits per heavy atom. The summed E-state index contributed by atoms with van der Waals surface area (Å²) in [5.74, 6) is -1.47. The van der Waals surface area contributed by atoms with Crippen LogP contribution in [0.1, 0.15) is 25.7 Å². The first-order valence-electron chi connectivity index (χ1n) is 6.33. The number of amides is 2. The molecule has 0 bridgehead atoms. The van der Waals surface area contributed by atoms with Gasteiger partial charge in [0.2, 0.25) is 0 Å². The number of rotatable bonds is 7. The van der Waals surface area contributed by atoms with Crippen molar-refractivity contribution in [1.82, 2.24) is 5.32 Å². The molecule has 19 heavy (non-hydrogen) atoms. The van der Waals surface area contributed by atoms with Crippen LogP contribution in [0.3, 0.4) is 0 Å². The Morgan fingerprint density at radius 2 is 1.89 bits per heavy atom. The molecule has 106 valence electrons. The normalized spacial score (nSPS) is 10.3. The summed E-state index contributed by atoms with van der Waals surface area (Å²) in [6, 6.07) is 2.50. The van der Waals surface area contributed by atoms with Crippen molar-refractivity contribution in [2.45, 2.75) is 25.7 Å². The molecule has 0 unspecified atom stereocenters. The molecule has 0 heterocycles. The van der Waals surface area contributed by atoms with Crippen molar-refractivity contribution in [3.63, 3.8) is 0 Å². The molecule has 4 nitrogen and oxygen atoms in total. The Balaban J connectivity index is 2.23. The Morgan fingerprint density at radius 1 is 1.16 bits per heavy atom. The van der Waals surface area contributed by atoms with Gasteiger partial charge >= 0.3 is 6.03 Å². The highest BCUT2D eigenvalue weighted by Crippen LogP contribution is 2.14. The van der Waals surface area contributed by atoms with Crippen LogP contribution in [-0.2, 0) is 0 Å². The number of carbonyl (C=O) groups excluding carboxylic acids is 1. The fourth-order valence-electron chi connectivity index (χ4n) is 1.58. The first kappa shape index (κ1) is 15.4. The third kappa shape index (κ3) is 6.15. The van der Waals surface area contributed by atoms with E-state index in [0.29, 0.717) is 13.1 Å². The van der Waals surface area contributed by atoms with Crippen LogP contribution in [-0.4, -0.2) is 19.1 Å². The molecule has 0 aromatic heterocycles. The average molecular weight is 271 g/mol. The second-order valence-electron chi connectivity index (χ2n) is 4.21. The third-order valence-corrected chi connectivity index (χ3v) is 2.60. The fraction of sp³-hybridized carbons (Fsp3) is 0.462. The Hall–Kier alpha value is -1.69. The summed E-state index contributed by atoms with van der Waals surface area (Å²) < 4.78 is 25.9. The molecule has 0 fully saturated rings. The van der Waals surface area contributed by atoms with E-state index >= 15 is 0 Å². The number of unbranched alkanes of at least 4 members (excludes halogenated alkanes) is 3. The number of benzene rings is 1. The topological polar surface area (TPSA) is 67.1 Å². The molecule has 0 saturated heterocycles. The van der Waals surface area contributed by atoms with Crippen LogP contribution >= 0.6 is 0 Å². The lowest BCUT2D eigenvalue weighted by molar-refractivity contribution is 0.251. The van der Waals surface area contributed by atoms with E-state index < -0.39 is 17.7 Å². The molecule has 1 aromatic rings. The Labute approximate surface area is 111 Å². The molecule has 1 rings (SSSR count). The minimum absolute atomic E-state index is 0.0398. The summed E-state index contributed by atoms with van der Waals surface area (Å²) in [5, 5.41) is 4.94. The summed E-state index contributed by atoms with van der Waals surface area (Å²) >= 11 is 0.